The lowest BCUT2D eigenvalue weighted by atomic mass is 9.95. The van der Waals surface area contributed by atoms with Gasteiger partial charge in [-0.05, 0) is 54.8 Å². The quantitative estimate of drug-likeness (QED) is 0.365. The molecule has 0 fully saturated rings. The number of hydrogen-bond acceptors (Lipinski definition) is 6. The molecule has 0 aliphatic rings. The Kier molecular flexibility index (Phi) is 6.96. The largest absolute Gasteiger partial charge is 0.497 e. The zero-order chi connectivity index (χ0) is 25.1. The molecule has 1 atom stereocenters. The summed E-state index contributed by atoms with van der Waals surface area (Å²) in [4.78, 5) is 25.9. The third-order valence-electron chi connectivity index (χ3n) is 5.93. The van der Waals surface area contributed by atoms with Gasteiger partial charge >= 0.3 is 0 Å². The van der Waals surface area contributed by atoms with E-state index in [1.807, 2.05) is 50.2 Å². The SMILES string of the molecule is COc1ccc(-c2oc3c(=O)cc(C)oc3c2CC(=O)NC(c2ccc(OC)cc2)C(C)C)cc1. The van der Waals surface area contributed by atoms with E-state index in [2.05, 4.69) is 5.32 Å². The average molecular weight is 476 g/mol. The van der Waals surface area contributed by atoms with Gasteiger partial charge in [0.25, 0.3) is 0 Å². The minimum Gasteiger partial charge on any atom is -0.497 e. The van der Waals surface area contributed by atoms with Crippen molar-refractivity contribution in [2.24, 2.45) is 5.92 Å². The number of benzene rings is 2. The van der Waals surface area contributed by atoms with E-state index in [0.717, 1.165) is 11.3 Å². The van der Waals surface area contributed by atoms with Gasteiger partial charge < -0.3 is 23.6 Å². The Bertz CT molecular complexity index is 1380. The Balaban J connectivity index is 1.70. The highest BCUT2D eigenvalue weighted by Gasteiger charge is 2.25. The van der Waals surface area contributed by atoms with Crippen molar-refractivity contribution in [1.82, 2.24) is 5.32 Å². The van der Waals surface area contributed by atoms with Gasteiger partial charge in [0.1, 0.15) is 23.0 Å². The smallest absolute Gasteiger partial charge is 0.228 e. The van der Waals surface area contributed by atoms with E-state index in [4.69, 9.17) is 18.3 Å². The highest BCUT2D eigenvalue weighted by atomic mass is 16.5. The first kappa shape index (κ1) is 24.1. The summed E-state index contributed by atoms with van der Waals surface area (Å²) >= 11 is 0. The molecule has 1 unspecified atom stereocenters. The van der Waals surface area contributed by atoms with Crippen LogP contribution in [0.2, 0.25) is 0 Å². The molecule has 0 bridgehead atoms. The molecule has 0 aliphatic carbocycles. The fourth-order valence-electron chi connectivity index (χ4n) is 4.13. The molecule has 35 heavy (non-hydrogen) atoms. The molecule has 0 saturated heterocycles. The highest BCUT2D eigenvalue weighted by molar-refractivity contribution is 5.90. The third kappa shape index (κ3) is 5.09. The molecule has 4 aromatic rings. The zero-order valence-corrected chi connectivity index (χ0v) is 20.5. The zero-order valence-electron chi connectivity index (χ0n) is 20.5. The van der Waals surface area contributed by atoms with Crippen LogP contribution in [-0.4, -0.2) is 20.1 Å². The lowest BCUT2D eigenvalue weighted by molar-refractivity contribution is -0.121. The predicted octanol–water partition coefficient (Wildman–Crippen LogP) is 5.43. The molecule has 182 valence electrons. The Morgan fingerprint density at radius 2 is 1.51 bits per heavy atom. The summed E-state index contributed by atoms with van der Waals surface area (Å²) in [6, 6.07) is 16.1. The fraction of sp³-hybridized carbons (Fsp3) is 0.286. The maximum absolute atomic E-state index is 13.3. The molecule has 0 spiro atoms. The summed E-state index contributed by atoms with van der Waals surface area (Å²) < 4.78 is 22.3. The van der Waals surface area contributed by atoms with Gasteiger partial charge in [0, 0.05) is 11.6 Å². The number of carbonyl (C=O) groups is 1. The fourth-order valence-corrected chi connectivity index (χ4v) is 4.13. The van der Waals surface area contributed by atoms with Gasteiger partial charge in [-0.15, -0.1) is 0 Å². The molecule has 4 rings (SSSR count). The van der Waals surface area contributed by atoms with Crippen LogP contribution in [0.25, 0.3) is 22.5 Å². The molecule has 0 radical (unpaired) electrons. The Hall–Kier alpha value is -4.00. The van der Waals surface area contributed by atoms with Crippen molar-refractivity contribution in [1.29, 1.82) is 0 Å². The minimum atomic E-state index is -0.288. The van der Waals surface area contributed by atoms with Crippen LogP contribution in [0.3, 0.4) is 0 Å². The topological polar surface area (TPSA) is 90.9 Å². The number of aryl methyl sites for hydroxylation is 1. The lowest BCUT2D eigenvalue weighted by Gasteiger charge is -2.23. The maximum atomic E-state index is 13.3. The van der Waals surface area contributed by atoms with Crippen molar-refractivity contribution in [3.05, 3.63) is 81.7 Å². The second-order valence-corrected chi connectivity index (χ2v) is 8.76. The van der Waals surface area contributed by atoms with Crippen molar-refractivity contribution in [3.8, 4) is 22.8 Å². The normalized spacial score (nSPS) is 12.1. The molecule has 2 heterocycles. The first-order valence-corrected chi connectivity index (χ1v) is 11.4. The van der Waals surface area contributed by atoms with Crippen LogP contribution < -0.4 is 20.2 Å². The van der Waals surface area contributed by atoms with Gasteiger partial charge in [-0.25, -0.2) is 0 Å². The van der Waals surface area contributed by atoms with Gasteiger partial charge in [0.2, 0.25) is 16.9 Å². The monoisotopic (exact) mass is 475 g/mol. The van der Waals surface area contributed by atoms with Crippen LogP contribution >= 0.6 is 0 Å². The van der Waals surface area contributed by atoms with Crippen molar-refractivity contribution in [2.75, 3.05) is 14.2 Å². The van der Waals surface area contributed by atoms with Crippen molar-refractivity contribution < 1.29 is 23.1 Å². The van der Waals surface area contributed by atoms with E-state index < -0.39 is 0 Å². The maximum Gasteiger partial charge on any atom is 0.228 e. The van der Waals surface area contributed by atoms with Crippen molar-refractivity contribution >= 4 is 17.1 Å². The number of furan rings is 1. The van der Waals surface area contributed by atoms with Crippen LogP contribution in [0, 0.1) is 12.8 Å². The summed E-state index contributed by atoms with van der Waals surface area (Å²) in [7, 11) is 3.21. The lowest BCUT2D eigenvalue weighted by Crippen LogP contribution is -2.32. The average Bonchev–Trinajstić information content (AvgIpc) is 3.20. The predicted molar refractivity (Wildman–Crippen MR) is 134 cm³/mol. The Labute approximate surface area is 203 Å². The van der Waals surface area contributed by atoms with Crippen LogP contribution in [0.15, 0.2) is 68.2 Å². The number of fused-ring (bicyclic) bond motifs is 1. The number of methoxy groups -OCH3 is 2. The summed E-state index contributed by atoms with van der Waals surface area (Å²) in [6.07, 6.45) is -0.0138. The number of ether oxygens (including phenoxy) is 2. The molecule has 2 aromatic carbocycles. The van der Waals surface area contributed by atoms with E-state index in [9.17, 15) is 9.59 Å². The highest BCUT2D eigenvalue weighted by Crippen LogP contribution is 2.34. The number of amides is 1. The first-order chi connectivity index (χ1) is 16.8. The van der Waals surface area contributed by atoms with Crippen LogP contribution in [0.4, 0.5) is 0 Å². The molecule has 2 aromatic heterocycles. The summed E-state index contributed by atoms with van der Waals surface area (Å²) in [5.41, 5.74) is 2.32. The minimum absolute atomic E-state index is 0.0138. The van der Waals surface area contributed by atoms with Gasteiger partial charge in [-0.3, -0.25) is 9.59 Å². The van der Waals surface area contributed by atoms with Crippen LogP contribution in [-0.2, 0) is 11.2 Å². The van der Waals surface area contributed by atoms with Gasteiger partial charge in [0.15, 0.2) is 5.58 Å². The molecule has 0 saturated carbocycles. The second-order valence-electron chi connectivity index (χ2n) is 8.76. The van der Waals surface area contributed by atoms with E-state index in [1.54, 1.807) is 33.3 Å². The van der Waals surface area contributed by atoms with Crippen molar-refractivity contribution in [2.45, 2.75) is 33.2 Å². The van der Waals surface area contributed by atoms with Gasteiger partial charge in [0.05, 0.1) is 32.2 Å². The first-order valence-electron chi connectivity index (χ1n) is 11.4. The van der Waals surface area contributed by atoms with Crippen molar-refractivity contribution in [3.63, 3.8) is 0 Å². The number of carbonyl (C=O) groups excluding carboxylic acids is 1. The summed E-state index contributed by atoms with van der Waals surface area (Å²) in [5.74, 6) is 2.26. The molecule has 1 N–H and O–H groups in total. The van der Waals surface area contributed by atoms with Gasteiger partial charge in [-0.1, -0.05) is 26.0 Å². The molecule has 7 heteroatoms. The standard InChI is InChI=1S/C28H29NO6/c1-16(2)25(18-6-10-20(32-4)11-7-18)29-24(31)15-22-26(19-8-12-21(33-5)13-9-19)35-28-23(30)14-17(3)34-27(22)28/h6-14,16,25H,15H2,1-5H3,(H,29,31). The third-order valence-corrected chi connectivity index (χ3v) is 5.93. The van der Waals surface area contributed by atoms with Gasteiger partial charge in [-0.2, -0.15) is 0 Å². The van der Waals surface area contributed by atoms with Crippen LogP contribution in [0.5, 0.6) is 11.5 Å². The van der Waals surface area contributed by atoms with E-state index in [1.165, 1.54) is 6.07 Å². The Morgan fingerprint density at radius 3 is 2.09 bits per heavy atom. The molecule has 0 aliphatic heterocycles. The Morgan fingerprint density at radius 1 is 0.914 bits per heavy atom. The number of rotatable bonds is 8. The number of hydrogen-bond donors (Lipinski definition) is 1. The molecule has 1 amide bonds. The van der Waals surface area contributed by atoms with E-state index in [0.29, 0.717) is 34.0 Å². The summed E-state index contributed by atoms with van der Waals surface area (Å²) in [5, 5.41) is 3.14. The van der Waals surface area contributed by atoms with Crippen LogP contribution in [0.1, 0.15) is 36.8 Å². The molecular formula is C28H29NO6. The molecular weight excluding hydrogens is 446 g/mol. The summed E-state index contributed by atoms with van der Waals surface area (Å²) in [6.45, 7) is 5.80. The second kappa shape index (κ2) is 10.1. The number of nitrogens with one attached hydrogen (secondary N) is 1. The van der Waals surface area contributed by atoms with E-state index >= 15 is 0 Å². The van der Waals surface area contributed by atoms with E-state index in [-0.39, 0.29) is 35.3 Å². The molecule has 7 nitrogen and oxygen atoms in total.